The maximum absolute atomic E-state index is 11.5. The van der Waals surface area contributed by atoms with Crippen LogP contribution >= 0.6 is 69.6 Å². The fourth-order valence-electron chi connectivity index (χ4n) is 1.78. The summed E-state index contributed by atoms with van der Waals surface area (Å²) in [6, 6.07) is 0. The normalized spacial score (nSPS) is 34.7. The molecule has 0 bridgehead atoms. The minimum Gasteiger partial charge on any atom is -0.393 e. The summed E-state index contributed by atoms with van der Waals surface area (Å²) in [6.07, 6.45) is 0. The second kappa shape index (κ2) is 4.06. The molecule has 2 aliphatic rings. The Balaban J connectivity index is 2.69. The molecule has 1 aliphatic heterocycles. The average Bonchev–Trinajstić information content (AvgIpc) is 2.50. The molecule has 1 aliphatic carbocycles. The van der Waals surface area contributed by atoms with E-state index < -0.39 is 32.4 Å². The molecule has 0 aromatic heterocycles. The summed E-state index contributed by atoms with van der Waals surface area (Å²) < 4.78 is 0.638. The number of alkyl halides is 4. The number of hydrogen-bond donors (Lipinski definition) is 0. The zero-order valence-electron chi connectivity index (χ0n) is 7.65. The van der Waals surface area contributed by atoms with Gasteiger partial charge in [-0.2, -0.15) is 0 Å². The number of fused-ring (bicyclic) bond motifs is 1. The molecule has 0 aromatic rings. The maximum Gasteiger partial charge on any atom is 0.321 e. The van der Waals surface area contributed by atoms with Gasteiger partial charge in [0.2, 0.25) is 0 Å². The highest BCUT2D eigenvalue weighted by molar-refractivity contribution is 6.64. The Labute approximate surface area is 126 Å². The first kappa shape index (κ1) is 14.0. The number of ether oxygens (including phenoxy) is 1. The number of carbonyl (C=O) groups excluding carboxylic acids is 2. The van der Waals surface area contributed by atoms with E-state index in [1.807, 2.05) is 0 Å². The van der Waals surface area contributed by atoms with Crippen LogP contribution in [-0.2, 0) is 14.3 Å². The molecule has 2 atom stereocenters. The van der Waals surface area contributed by atoms with Gasteiger partial charge in [0.25, 0.3) is 0 Å². The minimum atomic E-state index is -1.89. The van der Waals surface area contributed by atoms with Crippen molar-refractivity contribution < 1.29 is 14.3 Å². The Kier molecular flexibility index (Phi) is 3.35. The minimum absolute atomic E-state index is 0.291. The summed E-state index contributed by atoms with van der Waals surface area (Å²) >= 11 is 35.3. The van der Waals surface area contributed by atoms with Crippen molar-refractivity contribution in [1.82, 2.24) is 0 Å². The van der Waals surface area contributed by atoms with Gasteiger partial charge in [-0.1, -0.05) is 69.6 Å². The molecule has 2 rings (SSSR count). The SMILES string of the molecule is O=C1OC(=O)C2C1C(Cl)(Cl)C(Cl)=C(Cl)C2(Cl)Cl. The monoisotopic (exact) mass is 356 g/mol. The smallest absolute Gasteiger partial charge is 0.321 e. The van der Waals surface area contributed by atoms with E-state index in [0.717, 1.165) is 0 Å². The summed E-state index contributed by atoms with van der Waals surface area (Å²) in [4.78, 5) is 23.0. The van der Waals surface area contributed by atoms with Gasteiger partial charge in [0.15, 0.2) is 8.67 Å². The molecule has 0 amide bonds. The van der Waals surface area contributed by atoms with Crippen molar-refractivity contribution in [3.05, 3.63) is 10.1 Å². The van der Waals surface area contributed by atoms with E-state index in [1.165, 1.54) is 0 Å². The van der Waals surface area contributed by atoms with Crippen molar-refractivity contribution in [3.63, 3.8) is 0 Å². The van der Waals surface area contributed by atoms with Crippen LogP contribution in [0, 0.1) is 11.8 Å². The van der Waals surface area contributed by atoms with Crippen LogP contribution in [0.15, 0.2) is 10.1 Å². The van der Waals surface area contributed by atoms with E-state index >= 15 is 0 Å². The van der Waals surface area contributed by atoms with E-state index in [4.69, 9.17) is 69.6 Å². The zero-order chi connectivity index (χ0) is 13.2. The van der Waals surface area contributed by atoms with Gasteiger partial charge in [-0.25, -0.2) is 0 Å². The van der Waals surface area contributed by atoms with E-state index in [9.17, 15) is 9.59 Å². The Bertz CT molecular complexity index is 414. The maximum atomic E-state index is 11.5. The molecule has 2 unspecified atom stereocenters. The van der Waals surface area contributed by atoms with E-state index in [2.05, 4.69) is 4.74 Å². The zero-order valence-corrected chi connectivity index (χ0v) is 12.2. The number of carbonyl (C=O) groups is 2. The summed E-state index contributed by atoms with van der Waals surface area (Å²) in [7, 11) is 0. The number of cyclic esters (lactones) is 2. The fourth-order valence-corrected chi connectivity index (χ4v) is 3.74. The van der Waals surface area contributed by atoms with Gasteiger partial charge in [0, 0.05) is 0 Å². The third-order valence-corrected chi connectivity index (χ3v) is 5.76. The van der Waals surface area contributed by atoms with Crippen molar-refractivity contribution in [2.45, 2.75) is 8.67 Å². The number of esters is 2. The Morgan fingerprint density at radius 2 is 1.12 bits per heavy atom. The number of allylic oxidation sites excluding steroid dienone is 2. The number of rotatable bonds is 0. The molecule has 94 valence electrons. The lowest BCUT2D eigenvalue weighted by atomic mass is 9.83. The molecular weight excluding hydrogens is 357 g/mol. The van der Waals surface area contributed by atoms with Crippen LogP contribution in [-0.4, -0.2) is 20.6 Å². The van der Waals surface area contributed by atoms with Crippen molar-refractivity contribution >= 4 is 81.5 Å². The molecule has 1 fully saturated rings. The van der Waals surface area contributed by atoms with Crippen LogP contribution < -0.4 is 0 Å². The topological polar surface area (TPSA) is 43.4 Å². The van der Waals surface area contributed by atoms with Crippen molar-refractivity contribution in [2.75, 3.05) is 0 Å². The molecule has 0 spiro atoms. The van der Waals surface area contributed by atoms with E-state index in [-0.39, 0.29) is 10.1 Å². The number of halogens is 6. The molecule has 1 heterocycles. The molecule has 17 heavy (non-hydrogen) atoms. The van der Waals surface area contributed by atoms with Gasteiger partial charge in [-0.05, 0) is 0 Å². The summed E-state index contributed by atoms with van der Waals surface area (Å²) in [5, 5.41) is -0.583. The second-order valence-corrected chi connectivity index (χ2v) is 7.10. The first-order chi connectivity index (χ1) is 7.61. The quantitative estimate of drug-likeness (QED) is 0.379. The highest BCUT2D eigenvalue weighted by Crippen LogP contribution is 2.61. The van der Waals surface area contributed by atoms with Gasteiger partial charge in [-0.15, -0.1) is 0 Å². The van der Waals surface area contributed by atoms with Crippen molar-refractivity contribution in [3.8, 4) is 0 Å². The third-order valence-electron chi connectivity index (χ3n) is 2.60. The largest absolute Gasteiger partial charge is 0.393 e. The molecule has 9 heteroatoms. The summed E-state index contributed by atoms with van der Waals surface area (Å²) in [5.74, 6) is -4.44. The predicted molar refractivity (Wildman–Crippen MR) is 65.7 cm³/mol. The third kappa shape index (κ3) is 1.78. The highest BCUT2D eigenvalue weighted by Gasteiger charge is 2.68. The van der Waals surface area contributed by atoms with Crippen LogP contribution in [0.4, 0.5) is 0 Å². The van der Waals surface area contributed by atoms with Crippen LogP contribution in [0.5, 0.6) is 0 Å². The van der Waals surface area contributed by atoms with Crippen LogP contribution in [0.2, 0.25) is 0 Å². The Morgan fingerprint density at radius 1 is 0.824 bits per heavy atom. The highest BCUT2D eigenvalue weighted by atomic mass is 35.5. The molecule has 0 N–H and O–H groups in total. The lowest BCUT2D eigenvalue weighted by Crippen LogP contribution is -2.48. The molecule has 1 saturated heterocycles. The predicted octanol–water partition coefficient (Wildman–Crippen LogP) is 3.35. The average molecular weight is 359 g/mol. The first-order valence-electron chi connectivity index (χ1n) is 4.19. The lowest BCUT2D eigenvalue weighted by molar-refractivity contribution is -0.153. The second-order valence-electron chi connectivity index (χ2n) is 3.57. The van der Waals surface area contributed by atoms with Gasteiger partial charge in [0.05, 0.1) is 10.1 Å². The van der Waals surface area contributed by atoms with Gasteiger partial charge in [-0.3, -0.25) is 9.59 Å². The molecular formula is C8H2Cl6O3. The molecule has 0 aromatic carbocycles. The standard InChI is InChI=1S/C8H2Cl6O3/c9-3-4(10)8(13,14)2-1(7(3,11)12)5(15)17-6(2)16/h1-2H. The van der Waals surface area contributed by atoms with E-state index in [1.54, 1.807) is 0 Å². The number of hydrogen-bond acceptors (Lipinski definition) is 3. The van der Waals surface area contributed by atoms with Gasteiger partial charge < -0.3 is 4.74 Å². The van der Waals surface area contributed by atoms with Crippen LogP contribution in [0.25, 0.3) is 0 Å². The van der Waals surface area contributed by atoms with Gasteiger partial charge >= 0.3 is 11.9 Å². The first-order valence-corrected chi connectivity index (χ1v) is 6.46. The Hall–Kier alpha value is 0.620. The van der Waals surface area contributed by atoms with Crippen molar-refractivity contribution in [2.24, 2.45) is 11.8 Å². The lowest BCUT2D eigenvalue weighted by Gasteiger charge is -2.38. The molecule has 3 nitrogen and oxygen atoms in total. The summed E-state index contributed by atoms with van der Waals surface area (Å²) in [6.45, 7) is 0. The Morgan fingerprint density at radius 3 is 1.41 bits per heavy atom. The van der Waals surface area contributed by atoms with Crippen LogP contribution in [0.1, 0.15) is 0 Å². The fraction of sp³-hybridized carbons (Fsp3) is 0.500. The van der Waals surface area contributed by atoms with E-state index in [0.29, 0.717) is 0 Å². The van der Waals surface area contributed by atoms with Gasteiger partial charge in [0.1, 0.15) is 11.8 Å². The summed E-state index contributed by atoms with van der Waals surface area (Å²) in [5.41, 5.74) is 0. The van der Waals surface area contributed by atoms with Crippen molar-refractivity contribution in [1.29, 1.82) is 0 Å². The molecule has 0 radical (unpaired) electrons. The molecule has 0 saturated carbocycles. The van der Waals surface area contributed by atoms with Crippen LogP contribution in [0.3, 0.4) is 0 Å².